The Morgan fingerprint density at radius 2 is 1.90 bits per heavy atom. The molecule has 0 radical (unpaired) electrons. The minimum atomic E-state index is -3.11. The predicted molar refractivity (Wildman–Crippen MR) is 115 cm³/mol. The molecule has 1 amide bonds. The number of rotatable bonds is 7. The largest absolute Gasteiger partial charge is 0.441 e. The lowest BCUT2D eigenvalue weighted by Crippen LogP contribution is -2.52. The highest BCUT2D eigenvalue weighted by Gasteiger charge is 2.41. The highest BCUT2D eigenvalue weighted by Crippen LogP contribution is 2.23. The topological polar surface area (TPSA) is 92.5 Å². The molecule has 2 aromatic rings. The maximum absolute atomic E-state index is 12.5. The van der Waals surface area contributed by atoms with Crippen molar-refractivity contribution in [2.24, 2.45) is 0 Å². The zero-order chi connectivity index (χ0) is 21.0. The number of aryl methyl sites for hydroxylation is 1. The summed E-state index contributed by atoms with van der Waals surface area (Å²) < 4.78 is 30.2. The van der Waals surface area contributed by atoms with Gasteiger partial charge in [0, 0.05) is 24.4 Å². The van der Waals surface area contributed by atoms with Crippen LogP contribution in [0.4, 0.5) is 0 Å². The van der Waals surface area contributed by atoms with E-state index in [1.165, 1.54) is 6.42 Å². The zero-order valence-electron chi connectivity index (χ0n) is 17.1. The van der Waals surface area contributed by atoms with E-state index in [4.69, 9.17) is 4.42 Å². The number of aromatic nitrogens is 1. The Balaban J connectivity index is 1.27. The number of sulfone groups is 1. The second-order valence-electron chi connectivity index (χ2n) is 8.25. The summed E-state index contributed by atoms with van der Waals surface area (Å²) in [4.78, 5) is 19.0. The van der Waals surface area contributed by atoms with E-state index >= 15 is 0 Å². The summed E-state index contributed by atoms with van der Waals surface area (Å²) in [5.74, 6) is 1.41. The molecule has 4 rings (SSSR count). The van der Waals surface area contributed by atoms with Crippen molar-refractivity contribution in [2.75, 3.05) is 24.6 Å². The van der Waals surface area contributed by atoms with Crippen LogP contribution in [0.15, 0.2) is 40.9 Å². The lowest BCUT2D eigenvalue weighted by Gasteiger charge is -2.35. The quantitative estimate of drug-likeness (QED) is 0.724. The van der Waals surface area contributed by atoms with Crippen molar-refractivity contribution in [1.29, 1.82) is 0 Å². The van der Waals surface area contributed by atoms with E-state index in [0.717, 1.165) is 37.3 Å². The molecule has 0 bridgehead atoms. The maximum atomic E-state index is 12.5. The number of carbonyl (C=O) groups excluding carboxylic acids is 1. The SMILES string of the molecule is O=C(CCCc1ncc(-c2ccccc2)o1)NC1CS(=O)(=O)CC1N1CCCCC1. The van der Waals surface area contributed by atoms with Crippen LogP contribution < -0.4 is 5.32 Å². The molecule has 1 aromatic carbocycles. The number of benzene rings is 1. The Kier molecular flexibility index (Phi) is 6.53. The van der Waals surface area contributed by atoms with Gasteiger partial charge in [-0.1, -0.05) is 36.8 Å². The van der Waals surface area contributed by atoms with Gasteiger partial charge < -0.3 is 9.73 Å². The van der Waals surface area contributed by atoms with Crippen LogP contribution in [-0.2, 0) is 21.1 Å². The summed E-state index contributed by atoms with van der Waals surface area (Å²) in [7, 11) is -3.11. The molecule has 2 aliphatic heterocycles. The Labute approximate surface area is 177 Å². The van der Waals surface area contributed by atoms with Crippen molar-refractivity contribution in [2.45, 2.75) is 50.6 Å². The molecular formula is C22H29N3O4S. The number of piperidine rings is 1. The number of hydrogen-bond donors (Lipinski definition) is 1. The lowest BCUT2D eigenvalue weighted by molar-refractivity contribution is -0.122. The fraction of sp³-hybridized carbons (Fsp3) is 0.545. The Morgan fingerprint density at radius 3 is 2.67 bits per heavy atom. The normalized spacial score (nSPS) is 24.0. The van der Waals surface area contributed by atoms with Crippen LogP contribution in [0.2, 0.25) is 0 Å². The molecule has 1 aromatic heterocycles. The highest BCUT2D eigenvalue weighted by atomic mass is 32.2. The van der Waals surface area contributed by atoms with Gasteiger partial charge in [0.05, 0.1) is 23.7 Å². The summed E-state index contributed by atoms with van der Waals surface area (Å²) in [5, 5.41) is 2.99. The van der Waals surface area contributed by atoms with Gasteiger partial charge >= 0.3 is 0 Å². The molecule has 0 spiro atoms. The van der Waals surface area contributed by atoms with Crippen molar-refractivity contribution in [3.05, 3.63) is 42.4 Å². The summed E-state index contributed by atoms with van der Waals surface area (Å²) in [6, 6.07) is 9.36. The van der Waals surface area contributed by atoms with Crippen LogP contribution >= 0.6 is 0 Å². The van der Waals surface area contributed by atoms with Crippen LogP contribution in [0, 0.1) is 0 Å². The third-order valence-corrected chi connectivity index (χ3v) is 7.65. The van der Waals surface area contributed by atoms with E-state index in [1.807, 2.05) is 30.3 Å². The van der Waals surface area contributed by atoms with E-state index in [-0.39, 0.29) is 29.5 Å². The predicted octanol–water partition coefficient (Wildman–Crippen LogP) is 2.43. The highest BCUT2D eigenvalue weighted by molar-refractivity contribution is 7.91. The van der Waals surface area contributed by atoms with Gasteiger partial charge in [-0.25, -0.2) is 13.4 Å². The lowest BCUT2D eigenvalue weighted by atomic mass is 10.0. The first kappa shape index (κ1) is 21.1. The summed E-state index contributed by atoms with van der Waals surface area (Å²) in [5.41, 5.74) is 0.972. The van der Waals surface area contributed by atoms with Crippen LogP contribution in [0.5, 0.6) is 0 Å². The van der Waals surface area contributed by atoms with Crippen LogP contribution in [0.3, 0.4) is 0 Å². The number of oxazole rings is 1. The van der Waals surface area contributed by atoms with E-state index < -0.39 is 9.84 Å². The zero-order valence-corrected chi connectivity index (χ0v) is 17.9. The number of nitrogens with zero attached hydrogens (tertiary/aromatic N) is 2. The molecule has 2 saturated heterocycles. The monoisotopic (exact) mass is 431 g/mol. The first-order chi connectivity index (χ1) is 14.5. The van der Waals surface area contributed by atoms with Crippen LogP contribution in [0.1, 0.15) is 38.0 Å². The molecule has 8 heteroatoms. The molecule has 30 heavy (non-hydrogen) atoms. The molecule has 2 atom stereocenters. The van der Waals surface area contributed by atoms with Crippen molar-refractivity contribution in [3.63, 3.8) is 0 Å². The second kappa shape index (κ2) is 9.31. The molecule has 0 aliphatic carbocycles. The van der Waals surface area contributed by atoms with Gasteiger partial charge in [0.25, 0.3) is 0 Å². The third-order valence-electron chi connectivity index (χ3n) is 5.94. The minimum Gasteiger partial charge on any atom is -0.441 e. The standard InChI is InChI=1S/C22H29N3O4S/c26-21(10-7-11-22-23-14-20(29-22)17-8-3-1-4-9-17)24-18-15-30(27,28)16-19(18)25-12-5-2-6-13-25/h1,3-4,8-9,14,18-19H,2,5-7,10-13,15-16H2,(H,24,26). The number of hydrogen-bond acceptors (Lipinski definition) is 6. The Bertz CT molecular complexity index is 952. The van der Waals surface area contributed by atoms with Gasteiger partial charge in [-0.2, -0.15) is 0 Å². The molecule has 162 valence electrons. The molecule has 3 heterocycles. The number of carbonyl (C=O) groups is 1. The van der Waals surface area contributed by atoms with Crippen molar-refractivity contribution < 1.29 is 17.6 Å². The number of amides is 1. The number of nitrogens with one attached hydrogen (secondary N) is 1. The fourth-order valence-electron chi connectivity index (χ4n) is 4.42. The molecule has 2 aliphatic rings. The van der Waals surface area contributed by atoms with Gasteiger partial charge in [0.2, 0.25) is 5.91 Å². The van der Waals surface area contributed by atoms with E-state index in [0.29, 0.717) is 25.2 Å². The fourth-order valence-corrected chi connectivity index (χ4v) is 6.37. The average molecular weight is 432 g/mol. The van der Waals surface area contributed by atoms with Gasteiger partial charge in [-0.05, 0) is 32.4 Å². The van der Waals surface area contributed by atoms with Crippen LogP contribution in [0.25, 0.3) is 11.3 Å². The minimum absolute atomic E-state index is 0.0417. The molecule has 7 nitrogen and oxygen atoms in total. The van der Waals surface area contributed by atoms with Crippen molar-refractivity contribution in [3.8, 4) is 11.3 Å². The van der Waals surface area contributed by atoms with Gasteiger partial charge in [-0.15, -0.1) is 0 Å². The van der Waals surface area contributed by atoms with Gasteiger partial charge in [0.1, 0.15) is 0 Å². The van der Waals surface area contributed by atoms with Gasteiger partial charge in [0.15, 0.2) is 21.5 Å². The van der Waals surface area contributed by atoms with Crippen molar-refractivity contribution >= 4 is 15.7 Å². The summed E-state index contributed by atoms with van der Waals surface area (Å²) >= 11 is 0. The summed E-state index contributed by atoms with van der Waals surface area (Å²) in [6.45, 7) is 1.83. The van der Waals surface area contributed by atoms with E-state index in [2.05, 4.69) is 15.2 Å². The summed E-state index contributed by atoms with van der Waals surface area (Å²) in [6.07, 6.45) is 6.59. The molecule has 1 N–H and O–H groups in total. The first-order valence-electron chi connectivity index (χ1n) is 10.7. The first-order valence-corrected chi connectivity index (χ1v) is 12.6. The number of likely N-dealkylation sites (tertiary alicyclic amines) is 1. The third kappa shape index (κ3) is 5.29. The Morgan fingerprint density at radius 1 is 1.13 bits per heavy atom. The van der Waals surface area contributed by atoms with Gasteiger partial charge in [-0.3, -0.25) is 9.69 Å². The molecular weight excluding hydrogens is 402 g/mol. The average Bonchev–Trinajstić information content (AvgIpc) is 3.33. The van der Waals surface area contributed by atoms with E-state index in [9.17, 15) is 13.2 Å². The molecule has 0 saturated carbocycles. The Hall–Kier alpha value is -2.19. The van der Waals surface area contributed by atoms with Crippen molar-refractivity contribution in [1.82, 2.24) is 15.2 Å². The smallest absolute Gasteiger partial charge is 0.220 e. The second-order valence-corrected chi connectivity index (χ2v) is 10.4. The van der Waals surface area contributed by atoms with E-state index in [1.54, 1.807) is 6.20 Å². The maximum Gasteiger partial charge on any atom is 0.220 e. The molecule has 2 unspecified atom stereocenters. The van der Waals surface area contributed by atoms with Crippen LogP contribution in [-0.4, -0.2) is 60.9 Å². The molecule has 2 fully saturated rings.